The second-order valence-corrected chi connectivity index (χ2v) is 5.04. The van der Waals surface area contributed by atoms with Crippen molar-refractivity contribution in [3.63, 3.8) is 0 Å². The lowest BCUT2D eigenvalue weighted by molar-refractivity contribution is 0.478. The minimum atomic E-state index is 0.651. The lowest BCUT2D eigenvalue weighted by Crippen LogP contribution is -2.36. The SMILES string of the molecule is c1cc2c(c(NC3CCNCC3)c1)CCNC2. The summed E-state index contributed by atoms with van der Waals surface area (Å²) in [6, 6.07) is 7.31. The second-order valence-electron chi connectivity index (χ2n) is 5.04. The molecule has 0 amide bonds. The van der Waals surface area contributed by atoms with Crippen molar-refractivity contribution in [2.45, 2.75) is 31.8 Å². The number of benzene rings is 1. The van der Waals surface area contributed by atoms with E-state index in [1.807, 2.05) is 0 Å². The lowest BCUT2D eigenvalue weighted by atomic mass is 9.97. The van der Waals surface area contributed by atoms with E-state index in [1.54, 1.807) is 0 Å². The first-order valence-corrected chi connectivity index (χ1v) is 6.72. The van der Waals surface area contributed by atoms with Crippen LogP contribution in [0.1, 0.15) is 24.0 Å². The molecule has 17 heavy (non-hydrogen) atoms. The Morgan fingerprint density at radius 3 is 2.82 bits per heavy atom. The number of anilines is 1. The molecule has 92 valence electrons. The zero-order valence-corrected chi connectivity index (χ0v) is 10.3. The van der Waals surface area contributed by atoms with Crippen molar-refractivity contribution in [3.8, 4) is 0 Å². The molecular weight excluding hydrogens is 210 g/mol. The van der Waals surface area contributed by atoms with Gasteiger partial charge in [0.15, 0.2) is 0 Å². The van der Waals surface area contributed by atoms with Crippen LogP contribution in [0.5, 0.6) is 0 Å². The van der Waals surface area contributed by atoms with Crippen LogP contribution in [0.3, 0.4) is 0 Å². The molecule has 0 bridgehead atoms. The molecule has 1 aromatic rings. The van der Waals surface area contributed by atoms with Crippen LogP contribution in [-0.2, 0) is 13.0 Å². The Labute approximate surface area is 103 Å². The van der Waals surface area contributed by atoms with Crippen molar-refractivity contribution in [3.05, 3.63) is 29.3 Å². The van der Waals surface area contributed by atoms with Crippen molar-refractivity contribution >= 4 is 5.69 Å². The summed E-state index contributed by atoms with van der Waals surface area (Å²) in [5, 5.41) is 10.6. The second kappa shape index (κ2) is 5.07. The number of hydrogen-bond donors (Lipinski definition) is 3. The molecular formula is C14H21N3. The van der Waals surface area contributed by atoms with Gasteiger partial charge >= 0.3 is 0 Å². The van der Waals surface area contributed by atoms with E-state index in [0.717, 1.165) is 32.6 Å². The van der Waals surface area contributed by atoms with Gasteiger partial charge in [-0.2, -0.15) is 0 Å². The molecule has 1 aromatic carbocycles. The summed E-state index contributed by atoms with van der Waals surface area (Å²) in [5.41, 5.74) is 4.37. The first-order chi connectivity index (χ1) is 8.43. The number of piperidine rings is 1. The van der Waals surface area contributed by atoms with Gasteiger partial charge in [0, 0.05) is 18.3 Å². The fourth-order valence-electron chi connectivity index (χ4n) is 2.85. The van der Waals surface area contributed by atoms with Crippen molar-refractivity contribution in [1.29, 1.82) is 0 Å². The van der Waals surface area contributed by atoms with E-state index in [9.17, 15) is 0 Å². The molecule has 3 rings (SSSR count). The molecule has 2 aliphatic rings. The topological polar surface area (TPSA) is 36.1 Å². The molecule has 2 heterocycles. The summed E-state index contributed by atoms with van der Waals surface area (Å²) in [4.78, 5) is 0. The highest BCUT2D eigenvalue weighted by molar-refractivity contribution is 5.56. The molecule has 0 aliphatic carbocycles. The van der Waals surface area contributed by atoms with Crippen molar-refractivity contribution in [2.24, 2.45) is 0 Å². The van der Waals surface area contributed by atoms with Gasteiger partial charge in [0.1, 0.15) is 0 Å². The maximum atomic E-state index is 3.74. The maximum Gasteiger partial charge on any atom is 0.0378 e. The van der Waals surface area contributed by atoms with Gasteiger partial charge in [0.2, 0.25) is 0 Å². The molecule has 0 radical (unpaired) electrons. The van der Waals surface area contributed by atoms with Crippen molar-refractivity contribution in [1.82, 2.24) is 10.6 Å². The lowest BCUT2D eigenvalue weighted by Gasteiger charge is -2.28. The third-order valence-electron chi connectivity index (χ3n) is 3.84. The maximum absolute atomic E-state index is 3.74. The average Bonchev–Trinajstić information content (AvgIpc) is 2.40. The zero-order chi connectivity index (χ0) is 11.5. The first kappa shape index (κ1) is 11.1. The quantitative estimate of drug-likeness (QED) is 0.722. The summed E-state index contributed by atoms with van der Waals surface area (Å²) in [6.45, 7) is 4.43. The van der Waals surface area contributed by atoms with Crippen LogP contribution < -0.4 is 16.0 Å². The number of rotatable bonds is 2. The molecule has 0 saturated carbocycles. The Morgan fingerprint density at radius 2 is 1.94 bits per heavy atom. The Hall–Kier alpha value is -1.06. The molecule has 2 aliphatic heterocycles. The van der Waals surface area contributed by atoms with Crippen LogP contribution in [-0.4, -0.2) is 25.7 Å². The molecule has 3 N–H and O–H groups in total. The molecule has 0 unspecified atom stereocenters. The van der Waals surface area contributed by atoms with E-state index in [1.165, 1.54) is 29.7 Å². The molecule has 0 aromatic heterocycles. The molecule has 0 spiro atoms. The zero-order valence-electron chi connectivity index (χ0n) is 10.3. The first-order valence-electron chi connectivity index (χ1n) is 6.72. The van der Waals surface area contributed by atoms with E-state index in [4.69, 9.17) is 0 Å². The van der Waals surface area contributed by atoms with Gasteiger partial charge < -0.3 is 16.0 Å². The number of fused-ring (bicyclic) bond motifs is 1. The molecule has 3 heteroatoms. The minimum Gasteiger partial charge on any atom is -0.382 e. The third kappa shape index (κ3) is 2.45. The van der Waals surface area contributed by atoms with Gasteiger partial charge in [-0.25, -0.2) is 0 Å². The van der Waals surface area contributed by atoms with E-state index in [0.29, 0.717) is 6.04 Å². The van der Waals surface area contributed by atoms with Crippen molar-refractivity contribution in [2.75, 3.05) is 25.0 Å². The minimum absolute atomic E-state index is 0.651. The fraction of sp³-hybridized carbons (Fsp3) is 0.571. The van der Waals surface area contributed by atoms with Crippen LogP contribution in [0.2, 0.25) is 0 Å². The Balaban J connectivity index is 1.77. The van der Waals surface area contributed by atoms with Gasteiger partial charge in [-0.05, 0) is 56.1 Å². The van der Waals surface area contributed by atoms with Gasteiger partial charge in [0.25, 0.3) is 0 Å². The Bertz CT molecular complexity index is 383. The highest BCUT2D eigenvalue weighted by atomic mass is 15.0. The Morgan fingerprint density at radius 1 is 1.06 bits per heavy atom. The van der Waals surface area contributed by atoms with Gasteiger partial charge in [0.05, 0.1) is 0 Å². The highest BCUT2D eigenvalue weighted by Crippen LogP contribution is 2.24. The normalized spacial score (nSPS) is 20.9. The van der Waals surface area contributed by atoms with Crippen LogP contribution in [0.4, 0.5) is 5.69 Å². The molecule has 3 nitrogen and oxygen atoms in total. The van der Waals surface area contributed by atoms with Gasteiger partial charge in [-0.15, -0.1) is 0 Å². The summed E-state index contributed by atoms with van der Waals surface area (Å²) in [6.07, 6.45) is 3.63. The molecule has 1 fully saturated rings. The third-order valence-corrected chi connectivity index (χ3v) is 3.84. The van der Waals surface area contributed by atoms with Crippen LogP contribution >= 0.6 is 0 Å². The van der Waals surface area contributed by atoms with E-state index in [2.05, 4.69) is 34.1 Å². The standard InChI is InChI=1S/C14H21N3/c1-2-11-10-16-9-6-13(11)14(3-1)17-12-4-7-15-8-5-12/h1-3,12,15-17H,4-10H2. The average molecular weight is 231 g/mol. The molecule has 1 saturated heterocycles. The van der Waals surface area contributed by atoms with E-state index < -0.39 is 0 Å². The van der Waals surface area contributed by atoms with E-state index in [-0.39, 0.29) is 0 Å². The predicted molar refractivity (Wildman–Crippen MR) is 71.4 cm³/mol. The van der Waals surface area contributed by atoms with E-state index >= 15 is 0 Å². The summed E-state index contributed by atoms with van der Waals surface area (Å²) in [5.74, 6) is 0. The fourth-order valence-corrected chi connectivity index (χ4v) is 2.85. The predicted octanol–water partition coefficient (Wildman–Crippen LogP) is 1.50. The summed E-state index contributed by atoms with van der Waals surface area (Å²) >= 11 is 0. The Kier molecular flexibility index (Phi) is 3.29. The number of hydrogen-bond acceptors (Lipinski definition) is 3. The van der Waals surface area contributed by atoms with Gasteiger partial charge in [-0.3, -0.25) is 0 Å². The number of nitrogens with one attached hydrogen (secondary N) is 3. The smallest absolute Gasteiger partial charge is 0.0378 e. The van der Waals surface area contributed by atoms with Crippen LogP contribution in [0.25, 0.3) is 0 Å². The largest absolute Gasteiger partial charge is 0.382 e. The van der Waals surface area contributed by atoms with Crippen LogP contribution in [0, 0.1) is 0 Å². The summed E-state index contributed by atoms with van der Waals surface area (Å²) < 4.78 is 0. The monoisotopic (exact) mass is 231 g/mol. The summed E-state index contributed by atoms with van der Waals surface area (Å²) in [7, 11) is 0. The van der Waals surface area contributed by atoms with Crippen LogP contribution in [0.15, 0.2) is 18.2 Å². The molecule has 0 atom stereocenters. The van der Waals surface area contributed by atoms with Gasteiger partial charge in [-0.1, -0.05) is 12.1 Å². The van der Waals surface area contributed by atoms with Crippen molar-refractivity contribution < 1.29 is 0 Å². The highest BCUT2D eigenvalue weighted by Gasteiger charge is 2.16.